The molecule has 1 N–H and O–H groups in total. The van der Waals surface area contributed by atoms with Gasteiger partial charge in [0, 0.05) is 18.5 Å². The average Bonchev–Trinajstić information content (AvgIpc) is 2.51. The first-order valence-corrected chi connectivity index (χ1v) is 5.54. The Bertz CT molecular complexity index is 315. The number of likely N-dealkylation sites (tertiary alicyclic amines) is 1. The van der Waals surface area contributed by atoms with Gasteiger partial charge in [-0.15, -0.1) is 6.58 Å². The van der Waals surface area contributed by atoms with Crippen molar-refractivity contribution < 1.29 is 9.90 Å². The van der Waals surface area contributed by atoms with Gasteiger partial charge in [0.15, 0.2) is 0 Å². The van der Waals surface area contributed by atoms with E-state index in [-0.39, 0.29) is 10.8 Å². The van der Waals surface area contributed by atoms with Crippen LogP contribution in [0.4, 0.5) is 4.79 Å². The molecule has 2 rings (SSSR count). The number of rotatable bonds is 1. The molecule has 1 heterocycles. The Balaban J connectivity index is 2.31. The molecule has 3 atom stereocenters. The van der Waals surface area contributed by atoms with Gasteiger partial charge in [-0.25, -0.2) is 4.79 Å². The third-order valence-electron chi connectivity index (χ3n) is 4.39. The van der Waals surface area contributed by atoms with Crippen molar-refractivity contribution in [1.29, 1.82) is 0 Å². The van der Waals surface area contributed by atoms with E-state index in [1.54, 1.807) is 4.90 Å². The van der Waals surface area contributed by atoms with E-state index in [1.165, 1.54) is 0 Å². The third-order valence-corrected chi connectivity index (χ3v) is 4.39. The Morgan fingerprint density at radius 3 is 2.67 bits per heavy atom. The minimum atomic E-state index is -0.792. The summed E-state index contributed by atoms with van der Waals surface area (Å²) in [6, 6.07) is 0. The largest absolute Gasteiger partial charge is 0.465 e. The first kappa shape index (κ1) is 10.5. The number of hydrogen-bond donors (Lipinski definition) is 1. The van der Waals surface area contributed by atoms with Gasteiger partial charge in [0.1, 0.15) is 0 Å². The maximum atomic E-state index is 11.0. The minimum absolute atomic E-state index is 0.0187. The van der Waals surface area contributed by atoms with Crippen LogP contribution in [0.1, 0.15) is 26.7 Å². The van der Waals surface area contributed by atoms with Gasteiger partial charge in [0.05, 0.1) is 0 Å². The molecule has 0 unspecified atom stereocenters. The van der Waals surface area contributed by atoms with E-state index in [9.17, 15) is 4.79 Å². The summed E-state index contributed by atoms with van der Waals surface area (Å²) in [5, 5.41) is 9.05. The third kappa shape index (κ3) is 1.29. The van der Waals surface area contributed by atoms with E-state index in [4.69, 9.17) is 5.11 Å². The van der Waals surface area contributed by atoms with Crippen molar-refractivity contribution in [3.05, 3.63) is 12.7 Å². The van der Waals surface area contributed by atoms with Crippen molar-refractivity contribution in [1.82, 2.24) is 4.90 Å². The predicted molar refractivity (Wildman–Crippen MR) is 58.7 cm³/mol. The lowest BCUT2D eigenvalue weighted by Crippen LogP contribution is -2.31. The summed E-state index contributed by atoms with van der Waals surface area (Å²) in [6.45, 7) is 9.69. The second kappa shape index (κ2) is 3.00. The fourth-order valence-electron chi connectivity index (χ4n) is 3.74. The highest BCUT2D eigenvalue weighted by Crippen LogP contribution is 2.60. The summed E-state index contributed by atoms with van der Waals surface area (Å²) in [5.41, 5.74) is 0.122. The van der Waals surface area contributed by atoms with Crippen molar-refractivity contribution in [2.45, 2.75) is 26.7 Å². The quantitative estimate of drug-likeness (QED) is 0.674. The van der Waals surface area contributed by atoms with Crippen LogP contribution in [0.15, 0.2) is 12.7 Å². The Morgan fingerprint density at radius 1 is 1.53 bits per heavy atom. The summed E-state index contributed by atoms with van der Waals surface area (Å²) < 4.78 is 0. The van der Waals surface area contributed by atoms with E-state index >= 15 is 0 Å². The van der Waals surface area contributed by atoms with Crippen LogP contribution in [0.3, 0.4) is 0 Å². The molecule has 15 heavy (non-hydrogen) atoms. The number of amides is 1. The van der Waals surface area contributed by atoms with Gasteiger partial charge >= 0.3 is 6.09 Å². The van der Waals surface area contributed by atoms with Gasteiger partial charge in [-0.3, -0.25) is 0 Å². The SMILES string of the molecule is C=C[C@@]12C[C@@H](C)C[C@]1(C)CN(C(=O)O)C2. The molecule has 0 aromatic heterocycles. The van der Waals surface area contributed by atoms with Gasteiger partial charge in [-0.2, -0.15) is 0 Å². The van der Waals surface area contributed by atoms with Gasteiger partial charge < -0.3 is 10.0 Å². The lowest BCUT2D eigenvalue weighted by molar-refractivity contribution is 0.147. The number of hydrogen-bond acceptors (Lipinski definition) is 1. The molecular weight excluding hydrogens is 190 g/mol. The lowest BCUT2D eigenvalue weighted by atomic mass is 9.70. The minimum Gasteiger partial charge on any atom is -0.465 e. The van der Waals surface area contributed by atoms with Crippen LogP contribution < -0.4 is 0 Å². The first-order valence-electron chi connectivity index (χ1n) is 5.54. The molecule has 1 aliphatic carbocycles. The summed E-state index contributed by atoms with van der Waals surface area (Å²) in [5.74, 6) is 0.684. The van der Waals surface area contributed by atoms with E-state index in [0.717, 1.165) is 12.8 Å². The Morgan fingerprint density at radius 2 is 2.20 bits per heavy atom. The number of carboxylic acid groups (broad SMARTS) is 1. The molecule has 2 fully saturated rings. The maximum absolute atomic E-state index is 11.0. The van der Waals surface area contributed by atoms with Crippen LogP contribution in [0.2, 0.25) is 0 Å². The molecule has 0 aromatic carbocycles. The van der Waals surface area contributed by atoms with E-state index in [1.807, 2.05) is 6.08 Å². The standard InChI is InChI=1S/C12H19NO2/c1-4-12-6-9(2)5-11(12,3)7-13(8-12)10(14)15/h4,9H,1,5-8H2,2-3H3,(H,14,15)/t9-,11+,12-/m0/s1. The molecule has 0 aromatic rings. The summed E-state index contributed by atoms with van der Waals surface area (Å²) in [7, 11) is 0. The topological polar surface area (TPSA) is 40.5 Å². The van der Waals surface area contributed by atoms with Crippen LogP contribution in [0.5, 0.6) is 0 Å². The van der Waals surface area contributed by atoms with Crippen molar-refractivity contribution in [2.75, 3.05) is 13.1 Å². The molecule has 1 aliphatic heterocycles. The number of nitrogens with zero attached hydrogens (tertiary/aromatic N) is 1. The zero-order valence-electron chi connectivity index (χ0n) is 9.49. The fourth-order valence-corrected chi connectivity index (χ4v) is 3.74. The van der Waals surface area contributed by atoms with Crippen molar-refractivity contribution in [3.63, 3.8) is 0 Å². The normalized spacial score (nSPS) is 44.1. The molecule has 1 saturated carbocycles. The summed E-state index contributed by atoms with van der Waals surface area (Å²) in [6.07, 6.45) is 3.40. The summed E-state index contributed by atoms with van der Waals surface area (Å²) in [4.78, 5) is 12.6. The van der Waals surface area contributed by atoms with Crippen LogP contribution in [-0.2, 0) is 0 Å². The lowest BCUT2D eigenvalue weighted by Gasteiger charge is -2.32. The van der Waals surface area contributed by atoms with Gasteiger partial charge in [-0.05, 0) is 24.2 Å². The van der Waals surface area contributed by atoms with Crippen LogP contribution >= 0.6 is 0 Å². The average molecular weight is 209 g/mol. The highest BCUT2D eigenvalue weighted by Gasteiger charge is 2.58. The van der Waals surface area contributed by atoms with Gasteiger partial charge in [-0.1, -0.05) is 19.9 Å². The molecule has 1 amide bonds. The zero-order valence-corrected chi connectivity index (χ0v) is 9.49. The van der Waals surface area contributed by atoms with E-state index in [0.29, 0.717) is 19.0 Å². The number of carbonyl (C=O) groups is 1. The zero-order chi connectivity index (χ0) is 11.3. The predicted octanol–water partition coefficient (Wildman–Crippen LogP) is 2.59. The van der Waals surface area contributed by atoms with E-state index in [2.05, 4.69) is 20.4 Å². The van der Waals surface area contributed by atoms with Crippen molar-refractivity contribution in [2.24, 2.45) is 16.7 Å². The maximum Gasteiger partial charge on any atom is 0.407 e. The number of fused-ring (bicyclic) bond motifs is 1. The summed E-state index contributed by atoms with van der Waals surface area (Å²) >= 11 is 0. The molecule has 3 nitrogen and oxygen atoms in total. The monoisotopic (exact) mass is 209 g/mol. The Labute approximate surface area is 90.8 Å². The molecular formula is C12H19NO2. The van der Waals surface area contributed by atoms with Crippen LogP contribution in [0.25, 0.3) is 0 Å². The molecule has 2 aliphatic rings. The second-order valence-corrected chi connectivity index (χ2v) is 5.57. The Kier molecular flexibility index (Phi) is 2.11. The van der Waals surface area contributed by atoms with Crippen LogP contribution in [0, 0.1) is 16.7 Å². The second-order valence-electron chi connectivity index (χ2n) is 5.57. The van der Waals surface area contributed by atoms with Gasteiger partial charge in [0.25, 0.3) is 0 Å². The smallest absolute Gasteiger partial charge is 0.407 e. The Hall–Kier alpha value is -0.990. The van der Waals surface area contributed by atoms with Crippen molar-refractivity contribution in [3.8, 4) is 0 Å². The molecule has 1 saturated heterocycles. The van der Waals surface area contributed by atoms with Crippen molar-refractivity contribution >= 4 is 6.09 Å². The molecule has 0 radical (unpaired) electrons. The molecule has 0 spiro atoms. The van der Waals surface area contributed by atoms with Gasteiger partial charge in [0.2, 0.25) is 0 Å². The highest BCUT2D eigenvalue weighted by molar-refractivity contribution is 5.66. The van der Waals surface area contributed by atoms with Crippen LogP contribution in [-0.4, -0.2) is 29.2 Å². The first-order chi connectivity index (χ1) is 6.92. The van der Waals surface area contributed by atoms with E-state index < -0.39 is 6.09 Å². The highest BCUT2D eigenvalue weighted by atomic mass is 16.4. The molecule has 0 bridgehead atoms. The molecule has 84 valence electrons. The molecule has 3 heteroatoms. The fraction of sp³-hybridized carbons (Fsp3) is 0.750.